The summed E-state index contributed by atoms with van der Waals surface area (Å²) >= 11 is 1.59. The van der Waals surface area contributed by atoms with Crippen LogP contribution in [0.25, 0.3) is 11.3 Å². The van der Waals surface area contributed by atoms with E-state index in [1.54, 1.807) is 18.0 Å². The van der Waals surface area contributed by atoms with E-state index < -0.39 is 0 Å². The van der Waals surface area contributed by atoms with E-state index in [9.17, 15) is 4.79 Å². The van der Waals surface area contributed by atoms with Crippen molar-refractivity contribution >= 4 is 28.9 Å². The molecule has 1 atom stereocenters. The number of H-pyrrole nitrogens is 1. The molecular weight excluding hydrogens is 394 g/mol. The van der Waals surface area contributed by atoms with Gasteiger partial charge in [0.15, 0.2) is 5.82 Å². The Morgan fingerprint density at radius 3 is 2.67 bits per heavy atom. The molecule has 1 aromatic carbocycles. The van der Waals surface area contributed by atoms with Gasteiger partial charge >= 0.3 is 0 Å². The Balaban J connectivity index is 1.69. The topological polar surface area (TPSA) is 101 Å². The molecule has 1 saturated carbocycles. The molecule has 4 rings (SSSR count). The highest BCUT2D eigenvalue weighted by molar-refractivity contribution is 7.98. The molecule has 1 amide bonds. The number of benzene rings is 1. The maximum Gasteiger partial charge on any atom is 0.255 e. The Hall–Kier alpha value is -2.67. The lowest BCUT2D eigenvalue weighted by atomic mass is 10.00. The van der Waals surface area contributed by atoms with Gasteiger partial charge < -0.3 is 21.4 Å². The Labute approximate surface area is 181 Å². The molecule has 6 nitrogen and oxygen atoms in total. The van der Waals surface area contributed by atoms with E-state index in [1.165, 1.54) is 12.8 Å². The Morgan fingerprint density at radius 2 is 2.10 bits per heavy atom. The fourth-order valence-corrected chi connectivity index (χ4v) is 4.74. The third-order valence-corrected chi connectivity index (χ3v) is 7.00. The Morgan fingerprint density at radius 1 is 1.37 bits per heavy atom. The van der Waals surface area contributed by atoms with Crippen LogP contribution in [0.1, 0.15) is 58.5 Å². The van der Waals surface area contributed by atoms with Gasteiger partial charge in [0, 0.05) is 29.4 Å². The third kappa shape index (κ3) is 3.62. The Kier molecular flexibility index (Phi) is 5.40. The summed E-state index contributed by atoms with van der Waals surface area (Å²) in [4.78, 5) is 23.8. The molecule has 1 aliphatic heterocycles. The summed E-state index contributed by atoms with van der Waals surface area (Å²) in [6, 6.07) is 4.40. The minimum atomic E-state index is 0.148. The monoisotopic (exact) mass is 423 g/mol. The van der Waals surface area contributed by atoms with Crippen molar-refractivity contribution in [2.45, 2.75) is 51.1 Å². The fraction of sp³-hybridized carbons (Fsp3) is 0.391. The predicted molar refractivity (Wildman–Crippen MR) is 123 cm³/mol. The van der Waals surface area contributed by atoms with Crippen LogP contribution in [-0.2, 0) is 6.54 Å². The number of hydrogen-bond acceptors (Lipinski definition) is 5. The minimum absolute atomic E-state index is 0.148. The normalized spacial score (nSPS) is 18.1. The van der Waals surface area contributed by atoms with Gasteiger partial charge in [0.05, 0.1) is 17.0 Å². The van der Waals surface area contributed by atoms with Crippen LogP contribution in [-0.4, -0.2) is 33.1 Å². The highest BCUT2D eigenvalue weighted by Crippen LogP contribution is 2.41. The van der Waals surface area contributed by atoms with Gasteiger partial charge in [0.2, 0.25) is 0 Å². The standard InChI is InChI=1S/C23H29N5OS/c1-12-13(2)27-22(26-12)19(25)8-17(10-24)16-7-18-11-28(14(3)15-5-6-15)23(29)21(18)20(9-16)30-4/h7-10,14-15H,5-6,11,24-25H2,1-4H3,(H,26,27)/b17-10+,19-8-. The quantitative estimate of drug-likeness (QED) is 0.485. The summed E-state index contributed by atoms with van der Waals surface area (Å²) in [5, 5.41) is 0. The average Bonchev–Trinajstić information content (AvgIpc) is 3.46. The predicted octanol–water partition coefficient (Wildman–Crippen LogP) is 3.80. The molecule has 0 spiro atoms. The summed E-state index contributed by atoms with van der Waals surface area (Å²) in [6.45, 7) is 6.73. The van der Waals surface area contributed by atoms with E-state index in [0.29, 0.717) is 24.0 Å². The SMILES string of the molecule is CSc1cc(C(/C=C(\N)c2nc(C)c(C)[nH]2)=C/N)cc2c1C(=O)N(C(C)C1CC1)C2. The van der Waals surface area contributed by atoms with Crippen LogP contribution in [0, 0.1) is 19.8 Å². The lowest BCUT2D eigenvalue weighted by Crippen LogP contribution is -2.34. The van der Waals surface area contributed by atoms with Gasteiger partial charge in [-0.05, 0) is 80.7 Å². The van der Waals surface area contributed by atoms with Gasteiger partial charge in [-0.1, -0.05) is 0 Å². The van der Waals surface area contributed by atoms with Gasteiger partial charge in [-0.3, -0.25) is 4.79 Å². The van der Waals surface area contributed by atoms with Crippen LogP contribution >= 0.6 is 11.8 Å². The molecule has 5 N–H and O–H groups in total. The van der Waals surface area contributed by atoms with Crippen LogP contribution in [0.5, 0.6) is 0 Å². The van der Waals surface area contributed by atoms with E-state index in [2.05, 4.69) is 23.0 Å². The maximum atomic E-state index is 13.1. The van der Waals surface area contributed by atoms with Crippen molar-refractivity contribution in [3.8, 4) is 0 Å². The number of aryl methyl sites for hydroxylation is 2. The second-order valence-electron chi connectivity index (χ2n) is 8.24. The number of imidazole rings is 1. The van der Waals surface area contributed by atoms with Gasteiger partial charge in [-0.15, -0.1) is 11.8 Å². The molecule has 0 bridgehead atoms. The van der Waals surface area contributed by atoms with E-state index in [-0.39, 0.29) is 11.9 Å². The summed E-state index contributed by atoms with van der Waals surface area (Å²) < 4.78 is 0. The molecule has 1 aliphatic carbocycles. The first-order chi connectivity index (χ1) is 14.3. The molecule has 1 unspecified atom stereocenters. The van der Waals surface area contributed by atoms with E-state index in [0.717, 1.165) is 38.5 Å². The number of carbonyl (C=O) groups excluding carboxylic acids is 1. The first-order valence-electron chi connectivity index (χ1n) is 10.3. The van der Waals surface area contributed by atoms with Crippen LogP contribution < -0.4 is 11.5 Å². The van der Waals surface area contributed by atoms with Crippen LogP contribution in [0.4, 0.5) is 0 Å². The minimum Gasteiger partial charge on any atom is -0.404 e. The van der Waals surface area contributed by atoms with Gasteiger partial charge in [0.1, 0.15) is 0 Å². The average molecular weight is 424 g/mol. The number of nitrogens with zero attached hydrogens (tertiary/aromatic N) is 2. The van der Waals surface area contributed by atoms with Crippen molar-refractivity contribution in [1.82, 2.24) is 14.9 Å². The molecule has 2 aromatic rings. The highest BCUT2D eigenvalue weighted by Gasteiger charge is 2.39. The molecule has 1 fully saturated rings. The summed E-state index contributed by atoms with van der Waals surface area (Å²) in [5.74, 6) is 1.42. The lowest BCUT2D eigenvalue weighted by Gasteiger charge is -2.24. The fourth-order valence-electron chi connectivity index (χ4n) is 4.08. The number of hydrogen-bond donors (Lipinski definition) is 3. The molecule has 1 aromatic heterocycles. The van der Waals surface area contributed by atoms with Crippen molar-refractivity contribution in [2.24, 2.45) is 17.4 Å². The summed E-state index contributed by atoms with van der Waals surface area (Å²) in [7, 11) is 0. The second kappa shape index (κ2) is 7.87. The van der Waals surface area contributed by atoms with Gasteiger partial charge in [0.25, 0.3) is 5.91 Å². The first-order valence-corrected chi connectivity index (χ1v) is 11.5. The molecule has 2 heterocycles. The van der Waals surface area contributed by atoms with E-state index >= 15 is 0 Å². The van der Waals surface area contributed by atoms with Gasteiger partial charge in [-0.2, -0.15) is 0 Å². The van der Waals surface area contributed by atoms with Crippen molar-refractivity contribution in [1.29, 1.82) is 0 Å². The second-order valence-corrected chi connectivity index (χ2v) is 9.09. The lowest BCUT2D eigenvalue weighted by molar-refractivity contribution is 0.0695. The molecule has 0 saturated heterocycles. The zero-order valence-corrected chi connectivity index (χ0v) is 18.8. The number of fused-ring (bicyclic) bond motifs is 1. The number of nitrogens with one attached hydrogen (secondary N) is 1. The number of rotatable bonds is 6. The van der Waals surface area contributed by atoms with E-state index in [1.807, 2.05) is 37.1 Å². The maximum absolute atomic E-state index is 13.1. The number of thioether (sulfide) groups is 1. The number of aromatic nitrogens is 2. The third-order valence-electron chi connectivity index (χ3n) is 6.24. The largest absolute Gasteiger partial charge is 0.404 e. The Bertz CT molecular complexity index is 1040. The number of carbonyl (C=O) groups is 1. The zero-order chi connectivity index (χ0) is 21.6. The molecule has 30 heavy (non-hydrogen) atoms. The zero-order valence-electron chi connectivity index (χ0n) is 18.0. The van der Waals surface area contributed by atoms with Crippen LogP contribution in [0.15, 0.2) is 29.3 Å². The molecule has 7 heteroatoms. The van der Waals surface area contributed by atoms with Crippen molar-refractivity contribution in [3.05, 3.63) is 58.3 Å². The summed E-state index contributed by atoms with van der Waals surface area (Å²) in [6.07, 6.45) is 7.84. The number of nitrogens with two attached hydrogens (primary N) is 2. The highest BCUT2D eigenvalue weighted by atomic mass is 32.2. The number of allylic oxidation sites excluding steroid dienone is 2. The smallest absolute Gasteiger partial charge is 0.255 e. The van der Waals surface area contributed by atoms with Crippen molar-refractivity contribution in [3.63, 3.8) is 0 Å². The van der Waals surface area contributed by atoms with Crippen molar-refractivity contribution < 1.29 is 4.79 Å². The van der Waals surface area contributed by atoms with Crippen LogP contribution in [0.3, 0.4) is 0 Å². The molecule has 158 valence electrons. The van der Waals surface area contributed by atoms with Crippen LogP contribution in [0.2, 0.25) is 0 Å². The van der Waals surface area contributed by atoms with Gasteiger partial charge in [-0.25, -0.2) is 4.98 Å². The first kappa shape index (κ1) is 20.6. The molecule has 2 aliphatic rings. The van der Waals surface area contributed by atoms with E-state index in [4.69, 9.17) is 11.5 Å². The molecule has 0 radical (unpaired) electrons. The summed E-state index contributed by atoms with van der Waals surface area (Å²) in [5.41, 5.74) is 18.4. The number of aromatic amines is 1. The number of amides is 1. The molecular formula is C23H29N5OS. The van der Waals surface area contributed by atoms with Crippen molar-refractivity contribution in [2.75, 3.05) is 6.26 Å².